The van der Waals surface area contributed by atoms with Gasteiger partial charge in [0, 0.05) is 25.3 Å². The maximum Gasteiger partial charge on any atom is 0.0594 e. The van der Waals surface area contributed by atoms with Crippen molar-refractivity contribution in [2.24, 2.45) is 0 Å². The summed E-state index contributed by atoms with van der Waals surface area (Å²) < 4.78 is 5.34. The predicted molar refractivity (Wildman–Crippen MR) is 76.3 cm³/mol. The summed E-state index contributed by atoms with van der Waals surface area (Å²) in [6.45, 7) is 10.5. The number of rotatable bonds is 5. The molecule has 18 heavy (non-hydrogen) atoms. The van der Waals surface area contributed by atoms with Crippen molar-refractivity contribution in [3.8, 4) is 0 Å². The SMILES string of the molecule is Cc1cc(C)cc(NCCCN2CCOCC2)c1. The second-order valence-corrected chi connectivity index (χ2v) is 5.11. The van der Waals surface area contributed by atoms with Crippen LogP contribution in [0.4, 0.5) is 5.69 Å². The number of benzene rings is 1. The number of ether oxygens (including phenoxy) is 1. The predicted octanol–water partition coefficient (Wildman–Crippen LogP) is 2.44. The molecule has 0 bridgehead atoms. The van der Waals surface area contributed by atoms with Crippen molar-refractivity contribution in [2.75, 3.05) is 44.7 Å². The lowest BCUT2D eigenvalue weighted by molar-refractivity contribution is 0.0378. The number of morpholine rings is 1. The second-order valence-electron chi connectivity index (χ2n) is 5.11. The van der Waals surface area contributed by atoms with Gasteiger partial charge in [0.2, 0.25) is 0 Å². The second kappa shape index (κ2) is 6.76. The summed E-state index contributed by atoms with van der Waals surface area (Å²) in [5.41, 5.74) is 3.89. The molecule has 1 N–H and O–H groups in total. The molecule has 0 amide bonds. The van der Waals surface area contributed by atoms with Crippen molar-refractivity contribution >= 4 is 5.69 Å². The molecule has 1 fully saturated rings. The smallest absolute Gasteiger partial charge is 0.0594 e. The van der Waals surface area contributed by atoms with Gasteiger partial charge in [0.1, 0.15) is 0 Å². The molecule has 3 heteroatoms. The molecule has 1 saturated heterocycles. The Morgan fingerprint density at radius 3 is 2.44 bits per heavy atom. The lowest BCUT2D eigenvalue weighted by atomic mass is 10.1. The van der Waals surface area contributed by atoms with Gasteiger partial charge in [-0.25, -0.2) is 0 Å². The Bertz CT molecular complexity index is 353. The fourth-order valence-electron chi connectivity index (χ4n) is 2.44. The summed E-state index contributed by atoms with van der Waals surface area (Å²) in [7, 11) is 0. The van der Waals surface area contributed by atoms with E-state index in [1.165, 1.54) is 29.8 Å². The third-order valence-electron chi connectivity index (χ3n) is 3.31. The van der Waals surface area contributed by atoms with Crippen LogP contribution in [0, 0.1) is 13.8 Å². The van der Waals surface area contributed by atoms with Crippen molar-refractivity contribution in [3.63, 3.8) is 0 Å². The summed E-state index contributed by atoms with van der Waals surface area (Å²) in [4.78, 5) is 2.48. The highest BCUT2D eigenvalue weighted by Crippen LogP contribution is 2.13. The maximum atomic E-state index is 5.34. The number of anilines is 1. The molecular weight excluding hydrogens is 224 g/mol. The first-order valence-corrected chi connectivity index (χ1v) is 6.86. The van der Waals surface area contributed by atoms with Crippen LogP contribution in [-0.4, -0.2) is 44.3 Å². The van der Waals surface area contributed by atoms with Crippen LogP contribution < -0.4 is 5.32 Å². The molecule has 1 aliphatic heterocycles. The lowest BCUT2D eigenvalue weighted by Gasteiger charge is -2.26. The van der Waals surface area contributed by atoms with Crippen molar-refractivity contribution in [1.82, 2.24) is 4.90 Å². The first-order valence-electron chi connectivity index (χ1n) is 6.86. The lowest BCUT2D eigenvalue weighted by Crippen LogP contribution is -2.37. The highest BCUT2D eigenvalue weighted by molar-refractivity contribution is 5.48. The molecule has 1 aliphatic rings. The minimum Gasteiger partial charge on any atom is -0.385 e. The van der Waals surface area contributed by atoms with E-state index >= 15 is 0 Å². The summed E-state index contributed by atoms with van der Waals surface area (Å²) >= 11 is 0. The standard InChI is InChI=1S/C15H24N2O/c1-13-10-14(2)12-15(11-13)16-4-3-5-17-6-8-18-9-7-17/h10-12,16H,3-9H2,1-2H3. The molecule has 2 rings (SSSR count). The molecule has 0 spiro atoms. The van der Waals surface area contributed by atoms with E-state index in [1.54, 1.807) is 0 Å². The molecule has 1 heterocycles. The molecule has 0 radical (unpaired) electrons. The van der Waals surface area contributed by atoms with Crippen molar-refractivity contribution in [2.45, 2.75) is 20.3 Å². The Morgan fingerprint density at radius 2 is 1.78 bits per heavy atom. The molecule has 0 atom stereocenters. The van der Waals surface area contributed by atoms with Crippen LogP contribution in [0.1, 0.15) is 17.5 Å². The van der Waals surface area contributed by atoms with Crippen LogP contribution in [0.3, 0.4) is 0 Å². The van der Waals surface area contributed by atoms with Crippen LogP contribution >= 0.6 is 0 Å². The number of hydrogen-bond acceptors (Lipinski definition) is 3. The van der Waals surface area contributed by atoms with E-state index < -0.39 is 0 Å². The third-order valence-corrected chi connectivity index (χ3v) is 3.31. The number of nitrogens with one attached hydrogen (secondary N) is 1. The van der Waals surface area contributed by atoms with Gasteiger partial charge in [-0.1, -0.05) is 6.07 Å². The molecule has 0 aromatic heterocycles. The van der Waals surface area contributed by atoms with Gasteiger partial charge in [-0.15, -0.1) is 0 Å². The number of nitrogens with zero attached hydrogens (tertiary/aromatic N) is 1. The number of hydrogen-bond donors (Lipinski definition) is 1. The zero-order valence-corrected chi connectivity index (χ0v) is 11.5. The highest BCUT2D eigenvalue weighted by atomic mass is 16.5. The van der Waals surface area contributed by atoms with Gasteiger partial charge in [0.25, 0.3) is 0 Å². The van der Waals surface area contributed by atoms with E-state index in [2.05, 4.69) is 42.3 Å². The summed E-state index contributed by atoms with van der Waals surface area (Å²) in [5.74, 6) is 0. The summed E-state index contributed by atoms with van der Waals surface area (Å²) in [6, 6.07) is 6.63. The van der Waals surface area contributed by atoms with E-state index in [9.17, 15) is 0 Å². The summed E-state index contributed by atoms with van der Waals surface area (Å²) in [5, 5.41) is 3.51. The van der Waals surface area contributed by atoms with Gasteiger partial charge in [-0.2, -0.15) is 0 Å². The van der Waals surface area contributed by atoms with E-state index in [0.29, 0.717) is 0 Å². The zero-order valence-electron chi connectivity index (χ0n) is 11.5. The van der Waals surface area contributed by atoms with Crippen LogP contribution in [0.15, 0.2) is 18.2 Å². The van der Waals surface area contributed by atoms with Gasteiger partial charge in [0.05, 0.1) is 13.2 Å². The minimum atomic E-state index is 0.893. The van der Waals surface area contributed by atoms with E-state index in [4.69, 9.17) is 4.74 Å². The normalized spacial score (nSPS) is 16.8. The van der Waals surface area contributed by atoms with E-state index in [0.717, 1.165) is 32.8 Å². The third kappa shape index (κ3) is 4.31. The average Bonchev–Trinajstić information content (AvgIpc) is 2.35. The minimum absolute atomic E-state index is 0.893. The van der Waals surface area contributed by atoms with Gasteiger partial charge < -0.3 is 10.1 Å². The number of aryl methyl sites for hydroxylation is 2. The van der Waals surface area contributed by atoms with Crippen LogP contribution in [-0.2, 0) is 4.74 Å². The summed E-state index contributed by atoms with van der Waals surface area (Å²) in [6.07, 6.45) is 1.19. The Morgan fingerprint density at radius 1 is 1.11 bits per heavy atom. The molecule has 100 valence electrons. The van der Waals surface area contributed by atoms with Crippen molar-refractivity contribution in [3.05, 3.63) is 29.3 Å². The first kappa shape index (κ1) is 13.4. The molecule has 3 nitrogen and oxygen atoms in total. The molecule has 0 aliphatic carbocycles. The highest BCUT2D eigenvalue weighted by Gasteiger charge is 2.08. The molecular formula is C15H24N2O. The maximum absolute atomic E-state index is 5.34. The largest absolute Gasteiger partial charge is 0.385 e. The van der Waals surface area contributed by atoms with Crippen LogP contribution in [0.5, 0.6) is 0 Å². The Kier molecular flexibility index (Phi) is 5.02. The Labute approximate surface area is 110 Å². The molecule has 1 aromatic rings. The Hall–Kier alpha value is -1.06. The van der Waals surface area contributed by atoms with Crippen LogP contribution in [0.25, 0.3) is 0 Å². The fraction of sp³-hybridized carbons (Fsp3) is 0.600. The Balaban J connectivity index is 1.68. The molecule has 0 saturated carbocycles. The van der Waals surface area contributed by atoms with Gasteiger partial charge in [0.15, 0.2) is 0 Å². The topological polar surface area (TPSA) is 24.5 Å². The quantitative estimate of drug-likeness (QED) is 0.810. The van der Waals surface area contributed by atoms with E-state index in [-0.39, 0.29) is 0 Å². The first-order chi connectivity index (χ1) is 8.74. The van der Waals surface area contributed by atoms with E-state index in [1.807, 2.05) is 0 Å². The monoisotopic (exact) mass is 248 g/mol. The zero-order chi connectivity index (χ0) is 12.8. The average molecular weight is 248 g/mol. The molecule has 1 aromatic carbocycles. The van der Waals surface area contributed by atoms with Gasteiger partial charge in [-0.3, -0.25) is 4.90 Å². The van der Waals surface area contributed by atoms with Gasteiger partial charge in [-0.05, 0) is 50.1 Å². The van der Waals surface area contributed by atoms with Gasteiger partial charge >= 0.3 is 0 Å². The van der Waals surface area contributed by atoms with Crippen LogP contribution in [0.2, 0.25) is 0 Å². The van der Waals surface area contributed by atoms with Crippen molar-refractivity contribution < 1.29 is 4.74 Å². The fourth-order valence-corrected chi connectivity index (χ4v) is 2.44. The van der Waals surface area contributed by atoms with Crippen molar-refractivity contribution in [1.29, 1.82) is 0 Å². The molecule has 0 unspecified atom stereocenters.